The maximum atomic E-state index is 11.2. The van der Waals surface area contributed by atoms with Crippen LogP contribution in [-0.2, 0) is 16.1 Å². The first-order valence-corrected chi connectivity index (χ1v) is 4.93. The minimum absolute atomic E-state index is 0.0984. The van der Waals surface area contributed by atoms with Crippen LogP contribution in [0.15, 0.2) is 25.8 Å². The lowest BCUT2D eigenvalue weighted by Crippen LogP contribution is -2.01. The summed E-state index contributed by atoms with van der Waals surface area (Å²) in [4.78, 5) is 21.9. The molecule has 5 heteroatoms. The molecule has 0 fully saturated rings. The quantitative estimate of drug-likeness (QED) is 0.578. The van der Waals surface area contributed by atoms with Gasteiger partial charge in [0.05, 0.1) is 0 Å². The van der Waals surface area contributed by atoms with E-state index in [-0.39, 0.29) is 18.3 Å². The molecule has 0 aromatic carbocycles. The number of hydrogen-bond donors (Lipinski definition) is 0. The smallest absolute Gasteiger partial charge is 0.454 e. The van der Waals surface area contributed by atoms with Crippen molar-refractivity contribution in [1.29, 1.82) is 0 Å². The largest absolute Gasteiger partial charge is 0.519 e. The molecule has 0 atom stereocenters. The molecule has 0 radical (unpaired) electrons. The van der Waals surface area contributed by atoms with Gasteiger partial charge < -0.3 is 13.6 Å². The van der Waals surface area contributed by atoms with Gasteiger partial charge in [0.1, 0.15) is 0 Å². The average molecular weight is 226 g/mol. The molecule has 0 bridgehead atoms. The van der Waals surface area contributed by atoms with Crippen molar-refractivity contribution >= 4 is 5.97 Å². The van der Waals surface area contributed by atoms with E-state index in [9.17, 15) is 9.59 Å². The Kier molecular flexibility index (Phi) is 4.10. The van der Waals surface area contributed by atoms with E-state index >= 15 is 0 Å². The van der Waals surface area contributed by atoms with E-state index in [1.165, 1.54) is 6.08 Å². The van der Waals surface area contributed by atoms with Gasteiger partial charge in [-0.15, -0.1) is 0 Å². The third-order valence-electron chi connectivity index (χ3n) is 1.80. The second kappa shape index (κ2) is 5.34. The lowest BCUT2D eigenvalue weighted by atomic mass is 10.2. The summed E-state index contributed by atoms with van der Waals surface area (Å²) in [6.45, 7) is 5.36. The summed E-state index contributed by atoms with van der Waals surface area (Å²) >= 11 is 0. The molecule has 0 aliphatic carbocycles. The van der Waals surface area contributed by atoms with Crippen molar-refractivity contribution in [2.24, 2.45) is 5.92 Å². The Balaban J connectivity index is 2.49. The summed E-state index contributed by atoms with van der Waals surface area (Å²) in [5.41, 5.74) is 0. The monoisotopic (exact) mass is 226 g/mol. The molecular weight excluding hydrogens is 212 g/mol. The van der Waals surface area contributed by atoms with Crippen molar-refractivity contribution in [2.75, 3.05) is 0 Å². The molecule has 0 saturated heterocycles. The number of rotatable bonds is 4. The molecule has 0 saturated carbocycles. The molecule has 1 rings (SSSR count). The van der Waals surface area contributed by atoms with Gasteiger partial charge in [-0.3, -0.25) is 0 Å². The van der Waals surface area contributed by atoms with E-state index in [2.05, 4.69) is 8.83 Å². The molecule has 1 heterocycles. The Bertz CT molecular complexity index is 435. The molecule has 88 valence electrons. The van der Waals surface area contributed by atoms with Gasteiger partial charge in [-0.25, -0.2) is 9.59 Å². The second-order valence-corrected chi connectivity index (χ2v) is 3.64. The highest BCUT2D eigenvalue weighted by atomic mass is 16.6. The van der Waals surface area contributed by atoms with Crippen molar-refractivity contribution in [3.8, 4) is 0 Å². The molecule has 0 aliphatic rings. The Morgan fingerprint density at radius 1 is 1.44 bits per heavy atom. The SMILES string of the molecule is Cc1oc(=O)oc1COC(=O)/C=C/C(C)C. The summed E-state index contributed by atoms with van der Waals surface area (Å²) in [5, 5.41) is 0. The molecule has 0 unspecified atom stereocenters. The van der Waals surface area contributed by atoms with Gasteiger partial charge in [0, 0.05) is 6.08 Å². The van der Waals surface area contributed by atoms with E-state index in [4.69, 9.17) is 4.74 Å². The lowest BCUT2D eigenvalue weighted by molar-refractivity contribution is -0.139. The molecule has 16 heavy (non-hydrogen) atoms. The highest BCUT2D eigenvalue weighted by molar-refractivity contribution is 5.81. The van der Waals surface area contributed by atoms with Crippen molar-refractivity contribution < 1.29 is 18.4 Å². The Morgan fingerprint density at radius 3 is 2.62 bits per heavy atom. The topological polar surface area (TPSA) is 69.7 Å². The Morgan fingerprint density at radius 2 is 2.12 bits per heavy atom. The number of allylic oxidation sites excluding steroid dienone is 1. The fourth-order valence-corrected chi connectivity index (χ4v) is 0.962. The average Bonchev–Trinajstić information content (AvgIpc) is 2.51. The van der Waals surface area contributed by atoms with Crippen LogP contribution in [0.3, 0.4) is 0 Å². The molecule has 5 nitrogen and oxygen atoms in total. The predicted octanol–water partition coefficient (Wildman–Crippen LogP) is 1.80. The fourth-order valence-electron chi connectivity index (χ4n) is 0.962. The van der Waals surface area contributed by atoms with Crippen LogP contribution in [0.25, 0.3) is 0 Å². The summed E-state index contributed by atoms with van der Waals surface area (Å²) in [6.07, 6.45) is 3.07. The molecule has 1 aromatic heterocycles. The first kappa shape index (κ1) is 12.3. The van der Waals surface area contributed by atoms with Crippen LogP contribution in [0.2, 0.25) is 0 Å². The molecule has 1 aromatic rings. The zero-order chi connectivity index (χ0) is 12.1. The summed E-state index contributed by atoms with van der Waals surface area (Å²) < 4.78 is 14.1. The Hall–Kier alpha value is -1.78. The van der Waals surface area contributed by atoms with Gasteiger partial charge in [0.2, 0.25) is 0 Å². The molecule has 0 spiro atoms. The van der Waals surface area contributed by atoms with Gasteiger partial charge in [0.15, 0.2) is 18.1 Å². The second-order valence-electron chi connectivity index (χ2n) is 3.64. The van der Waals surface area contributed by atoms with Crippen LogP contribution in [0, 0.1) is 12.8 Å². The van der Waals surface area contributed by atoms with Gasteiger partial charge in [-0.1, -0.05) is 19.9 Å². The van der Waals surface area contributed by atoms with Crippen molar-refractivity contribution in [2.45, 2.75) is 27.4 Å². The number of carbonyl (C=O) groups excluding carboxylic acids is 1. The van der Waals surface area contributed by atoms with Crippen LogP contribution in [0.1, 0.15) is 25.4 Å². The van der Waals surface area contributed by atoms with Gasteiger partial charge in [0.25, 0.3) is 0 Å². The highest BCUT2D eigenvalue weighted by Crippen LogP contribution is 2.06. The van der Waals surface area contributed by atoms with Crippen molar-refractivity contribution in [3.05, 3.63) is 34.3 Å². The lowest BCUT2D eigenvalue weighted by Gasteiger charge is -1.98. The van der Waals surface area contributed by atoms with E-state index in [0.717, 1.165) is 0 Å². The van der Waals surface area contributed by atoms with Gasteiger partial charge in [-0.2, -0.15) is 0 Å². The minimum atomic E-state index is -0.790. The maximum Gasteiger partial charge on any atom is 0.519 e. The fraction of sp³-hybridized carbons (Fsp3) is 0.455. The summed E-state index contributed by atoms with van der Waals surface area (Å²) in [7, 11) is 0. The maximum absolute atomic E-state index is 11.2. The molecular formula is C11H14O5. The minimum Gasteiger partial charge on any atom is -0.454 e. The first-order valence-electron chi connectivity index (χ1n) is 4.93. The van der Waals surface area contributed by atoms with Crippen LogP contribution in [0.5, 0.6) is 0 Å². The number of esters is 1. The number of aryl methyl sites for hydroxylation is 1. The zero-order valence-corrected chi connectivity index (χ0v) is 9.48. The molecule has 0 amide bonds. The van der Waals surface area contributed by atoms with Crippen molar-refractivity contribution in [3.63, 3.8) is 0 Å². The van der Waals surface area contributed by atoms with E-state index < -0.39 is 11.8 Å². The van der Waals surface area contributed by atoms with Crippen LogP contribution >= 0.6 is 0 Å². The number of hydrogen-bond acceptors (Lipinski definition) is 5. The number of ether oxygens (including phenoxy) is 1. The van der Waals surface area contributed by atoms with E-state index in [0.29, 0.717) is 5.76 Å². The third-order valence-corrected chi connectivity index (χ3v) is 1.80. The van der Waals surface area contributed by atoms with Crippen molar-refractivity contribution in [1.82, 2.24) is 0 Å². The molecule has 0 aliphatic heterocycles. The van der Waals surface area contributed by atoms with Crippen LogP contribution in [-0.4, -0.2) is 5.97 Å². The summed E-state index contributed by atoms with van der Waals surface area (Å²) in [6, 6.07) is 0. The third kappa shape index (κ3) is 3.76. The van der Waals surface area contributed by atoms with E-state index in [1.54, 1.807) is 13.0 Å². The zero-order valence-electron chi connectivity index (χ0n) is 9.48. The van der Waals surface area contributed by atoms with E-state index in [1.807, 2.05) is 13.8 Å². The Labute approximate surface area is 92.7 Å². The summed E-state index contributed by atoms with van der Waals surface area (Å²) in [5.74, 6) is -0.429. The highest BCUT2D eigenvalue weighted by Gasteiger charge is 2.09. The van der Waals surface area contributed by atoms with Crippen LogP contribution < -0.4 is 5.82 Å². The standard InChI is InChI=1S/C11H14O5/c1-7(2)4-5-10(12)14-6-9-8(3)15-11(13)16-9/h4-5,7H,6H2,1-3H3/b5-4+. The van der Waals surface area contributed by atoms with Crippen LogP contribution in [0.4, 0.5) is 0 Å². The van der Waals surface area contributed by atoms with Gasteiger partial charge >= 0.3 is 11.8 Å². The van der Waals surface area contributed by atoms with Gasteiger partial charge in [-0.05, 0) is 12.8 Å². The first-order chi connectivity index (χ1) is 7.49. The normalized spacial score (nSPS) is 11.2. The molecule has 0 N–H and O–H groups in total. The number of carbonyl (C=O) groups is 1. The predicted molar refractivity (Wildman–Crippen MR) is 55.8 cm³/mol.